The van der Waals surface area contributed by atoms with E-state index in [1.54, 1.807) is 24.3 Å². The number of para-hydroxylation sites is 1. The van der Waals surface area contributed by atoms with E-state index in [4.69, 9.17) is 14.3 Å². The molecule has 0 spiro atoms. The van der Waals surface area contributed by atoms with Crippen molar-refractivity contribution in [1.82, 2.24) is 15.7 Å². The van der Waals surface area contributed by atoms with Crippen LogP contribution >= 0.6 is 0 Å². The van der Waals surface area contributed by atoms with E-state index in [0.29, 0.717) is 30.1 Å². The summed E-state index contributed by atoms with van der Waals surface area (Å²) < 4.78 is 37.6. The van der Waals surface area contributed by atoms with Gasteiger partial charge in [-0.3, -0.25) is 4.79 Å². The molecule has 0 bridgehead atoms. The number of nitrogens with one attached hydrogen (secondary N) is 2. The SMILES string of the molecule is CC(C)NC(=O)N1CCC(CC(=O)NOC2CCCCO2)(c2ccc(Oc3ccccc3)cc2)S(=O)(=O)CC1. The zero-order valence-electron chi connectivity index (χ0n) is 22.4. The predicted molar refractivity (Wildman–Crippen MR) is 146 cm³/mol. The Hall–Kier alpha value is -3.15. The highest BCUT2D eigenvalue weighted by Crippen LogP contribution is 2.41. The molecular formula is C28H37N3O7S. The summed E-state index contributed by atoms with van der Waals surface area (Å²) in [5.74, 6) is 0.333. The fourth-order valence-corrected chi connectivity index (χ4v) is 6.96. The molecule has 0 saturated carbocycles. The molecule has 3 amide bonds. The van der Waals surface area contributed by atoms with Gasteiger partial charge >= 0.3 is 6.03 Å². The Labute approximate surface area is 229 Å². The minimum atomic E-state index is -3.89. The molecule has 2 saturated heterocycles. The van der Waals surface area contributed by atoms with Crippen molar-refractivity contribution in [1.29, 1.82) is 0 Å². The molecule has 2 fully saturated rings. The highest BCUT2D eigenvalue weighted by Gasteiger charge is 2.49. The first kappa shape index (κ1) is 28.8. The van der Waals surface area contributed by atoms with Crippen molar-refractivity contribution in [3.8, 4) is 11.5 Å². The van der Waals surface area contributed by atoms with Gasteiger partial charge < -0.3 is 19.7 Å². The van der Waals surface area contributed by atoms with Crippen LogP contribution in [0.25, 0.3) is 0 Å². The summed E-state index contributed by atoms with van der Waals surface area (Å²) in [6, 6.07) is 15.6. The van der Waals surface area contributed by atoms with E-state index < -0.39 is 26.8 Å². The number of carbonyl (C=O) groups is 2. The number of amides is 3. The lowest BCUT2D eigenvalue weighted by Crippen LogP contribution is -2.44. The van der Waals surface area contributed by atoms with Crippen LogP contribution in [0.5, 0.6) is 11.5 Å². The molecule has 0 radical (unpaired) electrons. The number of benzene rings is 2. The molecular weight excluding hydrogens is 522 g/mol. The average molecular weight is 560 g/mol. The van der Waals surface area contributed by atoms with E-state index in [0.717, 1.165) is 12.8 Å². The molecule has 2 aliphatic heterocycles. The Kier molecular flexibility index (Phi) is 9.47. The first-order valence-electron chi connectivity index (χ1n) is 13.4. The van der Waals surface area contributed by atoms with E-state index in [2.05, 4.69) is 10.8 Å². The number of ether oxygens (including phenoxy) is 2. The van der Waals surface area contributed by atoms with Gasteiger partial charge in [-0.1, -0.05) is 30.3 Å². The van der Waals surface area contributed by atoms with Crippen molar-refractivity contribution in [2.75, 3.05) is 25.4 Å². The first-order chi connectivity index (χ1) is 18.7. The quantitative estimate of drug-likeness (QED) is 0.471. The molecule has 0 aromatic heterocycles. The minimum Gasteiger partial charge on any atom is -0.457 e. The second-order valence-electron chi connectivity index (χ2n) is 10.2. The Morgan fingerprint density at radius 1 is 1.05 bits per heavy atom. The molecule has 11 heteroatoms. The van der Waals surface area contributed by atoms with Gasteiger partial charge in [0.05, 0.1) is 12.2 Å². The molecule has 2 unspecified atom stereocenters. The second kappa shape index (κ2) is 12.8. The fraction of sp³-hybridized carbons (Fsp3) is 0.500. The smallest absolute Gasteiger partial charge is 0.317 e. The van der Waals surface area contributed by atoms with Crippen LogP contribution < -0.4 is 15.5 Å². The molecule has 4 rings (SSSR count). The van der Waals surface area contributed by atoms with Crippen molar-refractivity contribution in [3.05, 3.63) is 60.2 Å². The maximum Gasteiger partial charge on any atom is 0.317 e. The van der Waals surface area contributed by atoms with Gasteiger partial charge in [0, 0.05) is 32.2 Å². The van der Waals surface area contributed by atoms with Gasteiger partial charge in [-0.2, -0.15) is 0 Å². The third kappa shape index (κ3) is 7.28. The molecule has 2 aromatic carbocycles. The minimum absolute atomic E-state index is 0.0336. The summed E-state index contributed by atoms with van der Waals surface area (Å²) in [5.41, 5.74) is 2.87. The highest BCUT2D eigenvalue weighted by atomic mass is 32.2. The number of rotatable bonds is 8. The molecule has 0 aliphatic carbocycles. The Balaban J connectivity index is 1.59. The Morgan fingerprint density at radius 3 is 2.44 bits per heavy atom. The summed E-state index contributed by atoms with van der Waals surface area (Å²) in [6.45, 7) is 4.43. The van der Waals surface area contributed by atoms with Gasteiger partial charge in [-0.25, -0.2) is 23.5 Å². The van der Waals surface area contributed by atoms with Gasteiger partial charge in [0.15, 0.2) is 16.1 Å². The molecule has 2 aliphatic rings. The lowest BCUT2D eigenvalue weighted by Gasteiger charge is -2.32. The molecule has 2 N–H and O–H groups in total. The van der Waals surface area contributed by atoms with Crippen LogP contribution in [0.1, 0.15) is 51.5 Å². The Morgan fingerprint density at radius 2 is 1.77 bits per heavy atom. The maximum absolute atomic E-state index is 13.9. The number of hydrogen-bond acceptors (Lipinski definition) is 7. The number of hydrogen-bond donors (Lipinski definition) is 2. The number of hydroxylamine groups is 1. The van der Waals surface area contributed by atoms with E-state index in [1.165, 1.54) is 4.90 Å². The van der Waals surface area contributed by atoms with Crippen molar-refractivity contribution in [3.63, 3.8) is 0 Å². The van der Waals surface area contributed by atoms with Gasteiger partial charge in [0.2, 0.25) is 5.91 Å². The number of nitrogens with zero attached hydrogens (tertiary/aromatic N) is 1. The van der Waals surface area contributed by atoms with Crippen LogP contribution in [0.3, 0.4) is 0 Å². The van der Waals surface area contributed by atoms with Crippen molar-refractivity contribution in [2.45, 2.75) is 63.0 Å². The van der Waals surface area contributed by atoms with Crippen molar-refractivity contribution >= 4 is 21.8 Å². The van der Waals surface area contributed by atoms with Crippen LogP contribution in [0.4, 0.5) is 4.79 Å². The van der Waals surface area contributed by atoms with E-state index >= 15 is 0 Å². The average Bonchev–Trinajstić information content (AvgIpc) is 3.05. The van der Waals surface area contributed by atoms with Gasteiger partial charge in [-0.05, 0) is 62.9 Å². The van der Waals surface area contributed by atoms with Crippen molar-refractivity contribution < 1.29 is 32.3 Å². The normalized spacial score (nSPS) is 23.1. The third-order valence-electron chi connectivity index (χ3n) is 6.96. The van der Waals surface area contributed by atoms with Crippen LogP contribution in [-0.2, 0) is 29.0 Å². The van der Waals surface area contributed by atoms with Gasteiger partial charge in [0.25, 0.3) is 0 Å². The third-order valence-corrected chi connectivity index (χ3v) is 9.45. The zero-order chi connectivity index (χ0) is 27.9. The lowest BCUT2D eigenvalue weighted by atomic mass is 9.90. The summed E-state index contributed by atoms with van der Waals surface area (Å²) in [4.78, 5) is 32.8. The maximum atomic E-state index is 13.9. The predicted octanol–water partition coefficient (Wildman–Crippen LogP) is 3.88. The topological polar surface area (TPSA) is 123 Å². The van der Waals surface area contributed by atoms with Gasteiger partial charge in [-0.15, -0.1) is 0 Å². The van der Waals surface area contributed by atoms with Crippen LogP contribution in [0, 0.1) is 0 Å². The lowest BCUT2D eigenvalue weighted by molar-refractivity contribution is -0.200. The van der Waals surface area contributed by atoms with Crippen LogP contribution in [-0.4, -0.2) is 63.0 Å². The van der Waals surface area contributed by atoms with Crippen molar-refractivity contribution in [2.24, 2.45) is 0 Å². The Bertz CT molecular complexity index is 1220. The molecule has 2 heterocycles. The summed E-state index contributed by atoms with van der Waals surface area (Å²) in [6.07, 6.45) is 1.62. The van der Waals surface area contributed by atoms with E-state index in [1.807, 2.05) is 44.2 Å². The van der Waals surface area contributed by atoms with E-state index in [-0.39, 0.29) is 43.8 Å². The van der Waals surface area contributed by atoms with E-state index in [9.17, 15) is 18.0 Å². The molecule has 10 nitrogen and oxygen atoms in total. The monoisotopic (exact) mass is 559 g/mol. The number of carbonyl (C=O) groups excluding carboxylic acids is 2. The van der Waals surface area contributed by atoms with Gasteiger partial charge in [0.1, 0.15) is 16.2 Å². The number of sulfone groups is 1. The second-order valence-corrected chi connectivity index (χ2v) is 12.6. The number of urea groups is 1. The molecule has 2 atom stereocenters. The highest BCUT2D eigenvalue weighted by molar-refractivity contribution is 7.92. The summed E-state index contributed by atoms with van der Waals surface area (Å²) in [5, 5.41) is 2.83. The molecule has 212 valence electrons. The largest absolute Gasteiger partial charge is 0.457 e. The zero-order valence-corrected chi connectivity index (χ0v) is 23.2. The standard InChI is InChI=1S/C28H37N3O7S/c1-21(2)29-27(33)31-16-15-28(39(34,35)19-17-31,20-25(32)30-38-26-10-6-7-18-36-26)22-11-13-24(14-12-22)37-23-8-4-3-5-9-23/h3-5,8-9,11-14,21,26H,6-7,10,15-20H2,1-2H3,(H,29,33)(H,30,32). The fourth-order valence-electron chi connectivity index (χ4n) is 4.86. The van der Waals surface area contributed by atoms with Crippen LogP contribution in [0.15, 0.2) is 54.6 Å². The first-order valence-corrected chi connectivity index (χ1v) is 15.0. The molecule has 39 heavy (non-hydrogen) atoms. The summed E-state index contributed by atoms with van der Waals surface area (Å²) >= 11 is 0. The summed E-state index contributed by atoms with van der Waals surface area (Å²) in [7, 11) is -3.89. The van der Waals surface area contributed by atoms with Crippen LogP contribution in [0.2, 0.25) is 0 Å². The molecule has 2 aromatic rings.